The molecule has 0 saturated heterocycles. The van der Waals surface area contributed by atoms with Gasteiger partial charge in [-0.25, -0.2) is 0 Å². The molecule has 1 aliphatic rings. The molecule has 2 rings (SSSR count). The third-order valence-corrected chi connectivity index (χ3v) is 2.64. The number of carbonyl (C=O) groups excluding carboxylic acids is 1. The third kappa shape index (κ3) is 2.30. The highest BCUT2D eigenvalue weighted by atomic mass is 32.1. The first-order valence-electron chi connectivity index (χ1n) is 4.51. The van der Waals surface area contributed by atoms with Gasteiger partial charge in [-0.2, -0.15) is 9.36 Å². The number of nitrogen functional groups attached to an aromatic ring is 1. The van der Waals surface area contributed by atoms with Gasteiger partial charge in [0.1, 0.15) is 6.10 Å². The molecule has 1 aromatic rings. The first-order chi connectivity index (χ1) is 7.29. The van der Waals surface area contributed by atoms with Crippen molar-refractivity contribution in [3.05, 3.63) is 5.82 Å². The molecule has 1 heterocycles. The monoisotopic (exact) mass is 225 g/mol. The van der Waals surface area contributed by atoms with Gasteiger partial charge in [-0.05, 0) is 19.3 Å². The Hall–Kier alpha value is -1.50. The second kappa shape index (κ2) is 4.35. The van der Waals surface area contributed by atoms with E-state index in [1.165, 1.54) is 0 Å². The number of oxime groups is 1. The zero-order valence-corrected chi connectivity index (χ0v) is 8.66. The normalized spacial score (nSPS) is 17.2. The number of rotatable bonds is 4. The first-order valence-corrected chi connectivity index (χ1v) is 5.28. The summed E-state index contributed by atoms with van der Waals surface area (Å²) in [5.74, 6) is 0.173. The summed E-state index contributed by atoms with van der Waals surface area (Å²) in [6.07, 6.45) is 4.84. The molecule has 1 radical (unpaired) electrons. The van der Waals surface area contributed by atoms with Gasteiger partial charge in [0.2, 0.25) is 5.82 Å². The van der Waals surface area contributed by atoms with E-state index in [-0.39, 0.29) is 22.8 Å². The van der Waals surface area contributed by atoms with Crippen molar-refractivity contribution in [3.63, 3.8) is 0 Å². The van der Waals surface area contributed by atoms with Gasteiger partial charge in [-0.1, -0.05) is 5.16 Å². The highest BCUT2D eigenvalue weighted by molar-refractivity contribution is 7.09. The fraction of sp³-hybridized carbons (Fsp3) is 0.500. The Bertz CT molecular complexity index is 386. The summed E-state index contributed by atoms with van der Waals surface area (Å²) in [6.45, 7) is 0. The van der Waals surface area contributed by atoms with Crippen LogP contribution in [0.5, 0.6) is 0 Å². The Labute approximate surface area is 90.3 Å². The van der Waals surface area contributed by atoms with Crippen molar-refractivity contribution >= 4 is 28.7 Å². The summed E-state index contributed by atoms with van der Waals surface area (Å²) in [5.41, 5.74) is 5.35. The van der Waals surface area contributed by atoms with Crippen LogP contribution in [0.1, 0.15) is 25.1 Å². The van der Waals surface area contributed by atoms with E-state index < -0.39 is 0 Å². The van der Waals surface area contributed by atoms with E-state index in [1.54, 1.807) is 6.29 Å². The van der Waals surface area contributed by atoms with Gasteiger partial charge in [0.25, 0.3) is 6.29 Å². The maximum absolute atomic E-state index is 10.6. The Morgan fingerprint density at radius 1 is 1.67 bits per heavy atom. The Kier molecular flexibility index (Phi) is 2.91. The third-order valence-electron chi connectivity index (χ3n) is 2.10. The number of hydrogen-bond donors (Lipinski definition) is 1. The lowest BCUT2D eigenvalue weighted by atomic mass is 9.97. The van der Waals surface area contributed by atoms with Crippen molar-refractivity contribution in [2.45, 2.75) is 25.4 Å². The number of nitrogens with zero attached hydrogens (tertiary/aromatic N) is 3. The molecule has 0 bridgehead atoms. The fourth-order valence-corrected chi connectivity index (χ4v) is 1.47. The first kappa shape index (κ1) is 10.0. The predicted molar refractivity (Wildman–Crippen MR) is 55.3 cm³/mol. The highest BCUT2D eigenvalue weighted by Gasteiger charge is 2.20. The molecule has 1 saturated carbocycles. The van der Waals surface area contributed by atoms with E-state index in [0.717, 1.165) is 30.8 Å². The molecule has 1 fully saturated rings. The summed E-state index contributed by atoms with van der Waals surface area (Å²) >= 11 is 1.00. The molecule has 0 aromatic carbocycles. The molecule has 0 atom stereocenters. The van der Waals surface area contributed by atoms with Crippen LogP contribution in [0.2, 0.25) is 0 Å². The lowest BCUT2D eigenvalue weighted by molar-refractivity contribution is 0.00641. The number of hydrogen-bond acceptors (Lipinski definition) is 7. The summed E-state index contributed by atoms with van der Waals surface area (Å²) in [6, 6.07) is 0. The van der Waals surface area contributed by atoms with Gasteiger partial charge in [0.05, 0.1) is 0 Å². The van der Waals surface area contributed by atoms with Crippen LogP contribution in [0.25, 0.3) is 0 Å². The minimum Gasteiger partial charge on any atom is -0.392 e. The number of anilines is 1. The van der Waals surface area contributed by atoms with Crippen molar-refractivity contribution in [1.29, 1.82) is 0 Å². The smallest absolute Gasteiger partial charge is 0.261 e. The van der Waals surface area contributed by atoms with Crippen molar-refractivity contribution in [3.8, 4) is 0 Å². The molecule has 0 unspecified atom stereocenters. The van der Waals surface area contributed by atoms with Gasteiger partial charge < -0.3 is 10.6 Å². The molecule has 0 aliphatic heterocycles. The standard InChI is InChI=1S/C8H9N4O2S/c9-8-10-7(12-15-8)6(4-13)11-14-5-2-1-3-5/h5H,1-3H2,(H2,9,10,12)/b11-6+. The Balaban J connectivity index is 2.05. The van der Waals surface area contributed by atoms with E-state index >= 15 is 0 Å². The largest absolute Gasteiger partial charge is 0.392 e. The molecule has 15 heavy (non-hydrogen) atoms. The van der Waals surface area contributed by atoms with Gasteiger partial charge in [0, 0.05) is 11.5 Å². The van der Waals surface area contributed by atoms with E-state index in [2.05, 4.69) is 14.5 Å². The quantitative estimate of drug-likeness (QED) is 0.595. The Morgan fingerprint density at radius 3 is 2.93 bits per heavy atom. The second-order valence-corrected chi connectivity index (χ2v) is 3.94. The van der Waals surface area contributed by atoms with Crippen LogP contribution < -0.4 is 5.73 Å². The van der Waals surface area contributed by atoms with E-state index in [9.17, 15) is 4.79 Å². The number of aromatic nitrogens is 2. The average Bonchev–Trinajstić information content (AvgIpc) is 2.56. The molecule has 0 spiro atoms. The van der Waals surface area contributed by atoms with E-state index in [4.69, 9.17) is 10.6 Å². The molecule has 2 N–H and O–H groups in total. The van der Waals surface area contributed by atoms with Crippen molar-refractivity contribution in [2.75, 3.05) is 5.73 Å². The minimum absolute atomic E-state index is 0.0325. The maximum Gasteiger partial charge on any atom is 0.261 e. The molecule has 1 aliphatic carbocycles. The van der Waals surface area contributed by atoms with Crippen LogP contribution in [0, 0.1) is 0 Å². The van der Waals surface area contributed by atoms with Crippen LogP contribution in [0.3, 0.4) is 0 Å². The van der Waals surface area contributed by atoms with E-state index in [0.29, 0.717) is 0 Å². The topological polar surface area (TPSA) is 90.5 Å². The summed E-state index contributed by atoms with van der Waals surface area (Å²) < 4.78 is 3.84. The van der Waals surface area contributed by atoms with Crippen LogP contribution in [-0.4, -0.2) is 27.5 Å². The van der Waals surface area contributed by atoms with Crippen LogP contribution >= 0.6 is 11.5 Å². The Morgan fingerprint density at radius 2 is 2.47 bits per heavy atom. The van der Waals surface area contributed by atoms with Crippen molar-refractivity contribution < 1.29 is 9.63 Å². The minimum atomic E-state index is -0.0325. The van der Waals surface area contributed by atoms with Crippen molar-refractivity contribution in [1.82, 2.24) is 9.36 Å². The molecule has 79 valence electrons. The number of nitrogens with two attached hydrogens (primary N) is 1. The average molecular weight is 225 g/mol. The highest BCUT2D eigenvalue weighted by Crippen LogP contribution is 2.22. The maximum atomic E-state index is 10.6. The SMILES string of the molecule is Nc1nc(/C([C]=O)=N/OC2CCC2)ns1. The van der Waals surface area contributed by atoms with Gasteiger partial charge >= 0.3 is 0 Å². The van der Waals surface area contributed by atoms with Crippen LogP contribution in [-0.2, 0) is 9.63 Å². The molecule has 0 amide bonds. The van der Waals surface area contributed by atoms with Crippen LogP contribution in [0.4, 0.5) is 5.13 Å². The predicted octanol–water partition coefficient (Wildman–Crippen LogP) is 0.503. The second-order valence-electron chi connectivity index (χ2n) is 3.16. The fourth-order valence-electron chi connectivity index (χ4n) is 1.04. The summed E-state index contributed by atoms with van der Waals surface area (Å²) in [7, 11) is 0. The molecule has 1 aromatic heterocycles. The molecular weight excluding hydrogens is 216 g/mol. The zero-order chi connectivity index (χ0) is 10.7. The molecular formula is C8H9N4O2S. The van der Waals surface area contributed by atoms with Gasteiger partial charge in [-0.15, -0.1) is 0 Å². The van der Waals surface area contributed by atoms with E-state index in [1.807, 2.05) is 0 Å². The lowest BCUT2D eigenvalue weighted by Gasteiger charge is -2.22. The zero-order valence-electron chi connectivity index (χ0n) is 7.84. The van der Waals surface area contributed by atoms with Gasteiger partial charge in [-0.3, -0.25) is 4.79 Å². The molecule has 7 heteroatoms. The van der Waals surface area contributed by atoms with Gasteiger partial charge in [0.15, 0.2) is 10.8 Å². The lowest BCUT2D eigenvalue weighted by Crippen LogP contribution is -2.20. The molecule has 6 nitrogen and oxygen atoms in total. The summed E-state index contributed by atoms with van der Waals surface area (Å²) in [4.78, 5) is 19.5. The van der Waals surface area contributed by atoms with Crippen LogP contribution in [0.15, 0.2) is 5.16 Å². The summed E-state index contributed by atoms with van der Waals surface area (Å²) in [5, 5.41) is 3.96. The van der Waals surface area contributed by atoms with Crippen molar-refractivity contribution in [2.24, 2.45) is 5.16 Å².